The van der Waals surface area contributed by atoms with E-state index in [0.29, 0.717) is 22.2 Å². The predicted octanol–water partition coefficient (Wildman–Crippen LogP) is 2.34. The van der Waals surface area contributed by atoms with Crippen molar-refractivity contribution in [1.29, 1.82) is 0 Å². The van der Waals surface area contributed by atoms with Crippen molar-refractivity contribution in [2.75, 3.05) is 5.73 Å². The molecule has 4 N–H and O–H groups in total. The minimum Gasteiger partial charge on any atom is -0.457 e. The number of hydrogen-bond acceptors (Lipinski definition) is 6. The summed E-state index contributed by atoms with van der Waals surface area (Å²) in [6.45, 7) is 0. The van der Waals surface area contributed by atoms with Gasteiger partial charge in [-0.2, -0.15) is 0 Å². The van der Waals surface area contributed by atoms with Gasteiger partial charge in [-0.25, -0.2) is 14.6 Å². The smallest absolute Gasteiger partial charge is 0.412 e. The highest BCUT2D eigenvalue weighted by Crippen LogP contribution is 2.27. The molecule has 1 heterocycles. The normalized spacial score (nSPS) is 9.95. The first-order valence-corrected chi connectivity index (χ1v) is 6.04. The van der Waals surface area contributed by atoms with Crippen LogP contribution in [0.2, 0.25) is 5.02 Å². The molecule has 1 amide bonds. The van der Waals surface area contributed by atoms with Crippen LogP contribution in [0.15, 0.2) is 36.5 Å². The first kappa shape index (κ1) is 14.6. The SMILES string of the molecule is NC(=O)OC(=O)c1cc(Oc2ccc(Cl)c(N)c2)ccn1. The molecule has 0 spiro atoms. The summed E-state index contributed by atoms with van der Waals surface area (Å²) in [5.74, 6) is -0.232. The van der Waals surface area contributed by atoms with Crippen molar-refractivity contribution in [3.8, 4) is 11.5 Å². The maximum Gasteiger partial charge on any atom is 0.412 e. The fourth-order valence-electron chi connectivity index (χ4n) is 1.45. The van der Waals surface area contributed by atoms with E-state index < -0.39 is 12.1 Å². The van der Waals surface area contributed by atoms with Gasteiger partial charge < -0.3 is 20.9 Å². The third kappa shape index (κ3) is 3.83. The van der Waals surface area contributed by atoms with Crippen LogP contribution in [0, 0.1) is 0 Å². The zero-order valence-electron chi connectivity index (χ0n) is 10.6. The van der Waals surface area contributed by atoms with Crippen molar-refractivity contribution in [2.45, 2.75) is 0 Å². The molecule has 0 bridgehead atoms. The molecule has 21 heavy (non-hydrogen) atoms. The van der Waals surface area contributed by atoms with E-state index in [1.807, 2.05) is 0 Å². The number of amides is 1. The van der Waals surface area contributed by atoms with Gasteiger partial charge in [-0.05, 0) is 18.2 Å². The number of halogens is 1. The summed E-state index contributed by atoms with van der Waals surface area (Å²) in [6, 6.07) is 7.54. The number of carbonyl (C=O) groups is 2. The molecule has 0 atom stereocenters. The number of primary amides is 1. The minimum absolute atomic E-state index is 0.117. The topological polar surface area (TPSA) is 118 Å². The quantitative estimate of drug-likeness (QED) is 0.510. The lowest BCUT2D eigenvalue weighted by Gasteiger charge is -2.08. The summed E-state index contributed by atoms with van der Waals surface area (Å²) in [6.07, 6.45) is 0.116. The number of aromatic nitrogens is 1. The Morgan fingerprint density at radius 1 is 1.14 bits per heavy atom. The first-order valence-electron chi connectivity index (χ1n) is 5.66. The molecule has 0 radical (unpaired) electrons. The van der Waals surface area contributed by atoms with Gasteiger partial charge in [0, 0.05) is 18.3 Å². The summed E-state index contributed by atoms with van der Waals surface area (Å²) in [4.78, 5) is 25.8. The Bertz CT molecular complexity index is 706. The lowest BCUT2D eigenvalue weighted by Crippen LogP contribution is -2.19. The second-order valence-corrected chi connectivity index (χ2v) is 4.28. The summed E-state index contributed by atoms with van der Waals surface area (Å²) in [5, 5.41) is 0.405. The van der Waals surface area contributed by atoms with Gasteiger partial charge in [0.1, 0.15) is 11.5 Å². The van der Waals surface area contributed by atoms with E-state index in [9.17, 15) is 9.59 Å². The number of nitrogen functional groups attached to an aromatic ring is 1. The van der Waals surface area contributed by atoms with Crippen LogP contribution in [0.4, 0.5) is 10.5 Å². The van der Waals surface area contributed by atoms with E-state index in [1.54, 1.807) is 12.1 Å². The Balaban J connectivity index is 2.19. The highest BCUT2D eigenvalue weighted by molar-refractivity contribution is 6.33. The average Bonchev–Trinajstić information content (AvgIpc) is 2.42. The molecule has 0 fully saturated rings. The van der Waals surface area contributed by atoms with Gasteiger partial charge in [0.05, 0.1) is 10.7 Å². The van der Waals surface area contributed by atoms with Crippen molar-refractivity contribution in [3.63, 3.8) is 0 Å². The number of nitrogens with zero attached hydrogens (tertiary/aromatic N) is 1. The highest BCUT2D eigenvalue weighted by atomic mass is 35.5. The van der Waals surface area contributed by atoms with Crippen LogP contribution >= 0.6 is 11.6 Å². The van der Waals surface area contributed by atoms with Gasteiger partial charge in [0.15, 0.2) is 5.69 Å². The Morgan fingerprint density at radius 3 is 2.52 bits per heavy atom. The number of rotatable bonds is 3. The molecule has 1 aromatic carbocycles. The van der Waals surface area contributed by atoms with Crippen LogP contribution in [-0.2, 0) is 4.74 Å². The van der Waals surface area contributed by atoms with Crippen LogP contribution in [0.5, 0.6) is 11.5 Å². The van der Waals surface area contributed by atoms with Gasteiger partial charge >= 0.3 is 12.1 Å². The predicted molar refractivity (Wildman–Crippen MR) is 75.2 cm³/mol. The zero-order chi connectivity index (χ0) is 15.4. The molecule has 0 aliphatic heterocycles. The maximum atomic E-state index is 11.5. The van der Waals surface area contributed by atoms with Crippen molar-refractivity contribution in [1.82, 2.24) is 4.98 Å². The lowest BCUT2D eigenvalue weighted by atomic mass is 10.3. The summed E-state index contributed by atoms with van der Waals surface area (Å²) >= 11 is 5.80. The number of ether oxygens (including phenoxy) is 2. The van der Waals surface area contributed by atoms with Crippen molar-refractivity contribution < 1.29 is 19.1 Å². The van der Waals surface area contributed by atoms with E-state index in [-0.39, 0.29) is 5.69 Å². The summed E-state index contributed by atoms with van der Waals surface area (Å²) in [7, 11) is 0. The summed E-state index contributed by atoms with van der Waals surface area (Å²) in [5.41, 5.74) is 10.7. The molecule has 0 aliphatic rings. The molecule has 8 heteroatoms. The molecular weight excluding hydrogens is 298 g/mol. The van der Waals surface area contributed by atoms with E-state index in [1.165, 1.54) is 24.4 Å². The number of hydrogen-bond donors (Lipinski definition) is 2. The Morgan fingerprint density at radius 2 is 1.86 bits per heavy atom. The molecule has 0 saturated heterocycles. The fraction of sp³-hybridized carbons (Fsp3) is 0. The Labute approximate surface area is 124 Å². The third-order valence-corrected chi connectivity index (χ3v) is 2.68. The monoisotopic (exact) mass is 307 g/mol. The zero-order valence-corrected chi connectivity index (χ0v) is 11.3. The second kappa shape index (κ2) is 6.10. The van der Waals surface area contributed by atoms with Crippen molar-refractivity contribution in [3.05, 3.63) is 47.2 Å². The number of benzene rings is 1. The van der Waals surface area contributed by atoms with Gasteiger partial charge in [-0.3, -0.25) is 0 Å². The molecule has 0 aliphatic carbocycles. The van der Waals surface area contributed by atoms with Gasteiger partial charge in [0.25, 0.3) is 0 Å². The third-order valence-electron chi connectivity index (χ3n) is 2.34. The summed E-state index contributed by atoms with van der Waals surface area (Å²) < 4.78 is 9.73. The van der Waals surface area contributed by atoms with Crippen LogP contribution in [0.25, 0.3) is 0 Å². The largest absolute Gasteiger partial charge is 0.457 e. The standard InChI is InChI=1S/C13H10ClN3O4/c14-9-2-1-7(5-10(9)15)20-8-3-4-17-11(6-8)12(18)21-13(16)19/h1-6H,15H2,(H2,16,19). The van der Waals surface area contributed by atoms with Gasteiger partial charge in [-0.15, -0.1) is 0 Å². The second-order valence-electron chi connectivity index (χ2n) is 3.87. The number of carbonyl (C=O) groups excluding carboxylic acids is 2. The highest BCUT2D eigenvalue weighted by Gasteiger charge is 2.13. The van der Waals surface area contributed by atoms with Crippen LogP contribution in [-0.4, -0.2) is 17.0 Å². The number of nitrogens with two attached hydrogens (primary N) is 2. The average molecular weight is 308 g/mol. The lowest BCUT2D eigenvalue weighted by molar-refractivity contribution is 0.0631. The molecule has 0 unspecified atom stereocenters. The van der Waals surface area contributed by atoms with E-state index in [0.717, 1.165) is 0 Å². The number of pyridine rings is 1. The van der Waals surface area contributed by atoms with Crippen molar-refractivity contribution >= 4 is 29.4 Å². The number of esters is 1. The number of anilines is 1. The minimum atomic E-state index is -1.21. The van der Waals surface area contributed by atoms with Gasteiger partial charge in [0.2, 0.25) is 0 Å². The van der Waals surface area contributed by atoms with Crippen LogP contribution in [0.3, 0.4) is 0 Å². The van der Waals surface area contributed by atoms with Gasteiger partial charge in [-0.1, -0.05) is 11.6 Å². The van der Waals surface area contributed by atoms with E-state index >= 15 is 0 Å². The van der Waals surface area contributed by atoms with Crippen molar-refractivity contribution in [2.24, 2.45) is 5.73 Å². The van der Waals surface area contributed by atoms with Crippen LogP contribution in [0.1, 0.15) is 10.5 Å². The first-order chi connectivity index (χ1) is 9.95. The van der Waals surface area contributed by atoms with E-state index in [2.05, 4.69) is 9.72 Å². The van der Waals surface area contributed by atoms with Crippen LogP contribution < -0.4 is 16.2 Å². The molecule has 2 aromatic rings. The maximum absolute atomic E-state index is 11.5. The molecule has 2 rings (SSSR count). The molecule has 7 nitrogen and oxygen atoms in total. The molecule has 108 valence electrons. The van der Waals surface area contributed by atoms with E-state index in [4.69, 9.17) is 27.8 Å². The fourth-order valence-corrected chi connectivity index (χ4v) is 1.57. The molecular formula is C13H10ClN3O4. The molecule has 1 aromatic heterocycles. The molecule has 0 saturated carbocycles. The Kier molecular flexibility index (Phi) is 4.24. The Hall–Kier alpha value is -2.80.